The fraction of sp³-hybridized carbons (Fsp3) is 0.375. The molecular weight excluding hydrogens is 176 g/mol. The predicted octanol–water partition coefficient (Wildman–Crippen LogP) is 2.16. The molecule has 0 aliphatic heterocycles. The van der Waals surface area contributed by atoms with Crippen LogP contribution in [-0.4, -0.2) is 5.97 Å². The van der Waals surface area contributed by atoms with E-state index in [9.17, 15) is 4.79 Å². The number of furan rings is 1. The Morgan fingerprint density at radius 3 is 3.08 bits per heavy atom. The third-order valence-electron chi connectivity index (χ3n) is 1.32. The Bertz CT molecular complexity index is 243. The minimum Gasteiger partial charge on any atom is -0.464 e. The van der Waals surface area contributed by atoms with Crippen LogP contribution in [-0.2, 0) is 9.53 Å². The Balaban J connectivity index is 2.49. The van der Waals surface area contributed by atoms with Gasteiger partial charge in [-0.2, -0.15) is 0 Å². The van der Waals surface area contributed by atoms with Gasteiger partial charge >= 0.3 is 5.97 Å². The molecule has 1 unspecified atom stereocenters. The zero-order valence-electron chi connectivity index (χ0n) is 6.69. The molecule has 1 atom stereocenters. The molecule has 1 rings (SSSR count). The highest BCUT2D eigenvalue weighted by Crippen LogP contribution is 2.21. The van der Waals surface area contributed by atoms with Gasteiger partial charge in [-0.1, -0.05) is 6.92 Å². The van der Waals surface area contributed by atoms with E-state index in [0.29, 0.717) is 12.2 Å². The van der Waals surface area contributed by atoms with Crippen LogP contribution in [0.1, 0.15) is 24.5 Å². The lowest BCUT2D eigenvalue weighted by Crippen LogP contribution is -2.04. The van der Waals surface area contributed by atoms with E-state index in [1.807, 2.05) is 0 Å². The maximum atomic E-state index is 10.8. The van der Waals surface area contributed by atoms with Crippen molar-refractivity contribution in [3.05, 3.63) is 24.2 Å². The number of thiol groups is 1. The van der Waals surface area contributed by atoms with Crippen LogP contribution in [0.3, 0.4) is 0 Å². The van der Waals surface area contributed by atoms with Crippen LogP contribution in [0, 0.1) is 0 Å². The van der Waals surface area contributed by atoms with Crippen LogP contribution < -0.4 is 0 Å². The average molecular weight is 186 g/mol. The first-order valence-corrected chi connectivity index (χ1v) is 4.16. The van der Waals surface area contributed by atoms with Gasteiger partial charge in [0.25, 0.3) is 0 Å². The lowest BCUT2D eigenvalue weighted by Gasteiger charge is -2.07. The summed E-state index contributed by atoms with van der Waals surface area (Å²) >= 11 is 4.04. The number of carbonyl (C=O) groups excluding carboxylic acids is 1. The van der Waals surface area contributed by atoms with Crippen molar-refractivity contribution < 1.29 is 13.9 Å². The van der Waals surface area contributed by atoms with E-state index < -0.39 is 5.44 Å². The Labute approximate surface area is 76.1 Å². The number of hydrogen-bond donors (Lipinski definition) is 1. The fourth-order valence-corrected chi connectivity index (χ4v) is 0.962. The van der Waals surface area contributed by atoms with Crippen LogP contribution >= 0.6 is 12.6 Å². The third kappa shape index (κ3) is 2.30. The van der Waals surface area contributed by atoms with Gasteiger partial charge in [0.15, 0.2) is 5.76 Å². The smallest absolute Gasteiger partial charge is 0.307 e. The van der Waals surface area contributed by atoms with E-state index in [1.54, 1.807) is 19.1 Å². The summed E-state index contributed by atoms with van der Waals surface area (Å²) < 4.78 is 9.86. The molecule has 0 fully saturated rings. The van der Waals surface area contributed by atoms with Gasteiger partial charge in [0.2, 0.25) is 5.44 Å². The molecule has 0 spiro atoms. The summed E-state index contributed by atoms with van der Waals surface area (Å²) in [6, 6.07) is 3.43. The lowest BCUT2D eigenvalue weighted by molar-refractivity contribution is -0.145. The van der Waals surface area contributed by atoms with Gasteiger partial charge < -0.3 is 9.15 Å². The largest absolute Gasteiger partial charge is 0.464 e. The highest BCUT2D eigenvalue weighted by Gasteiger charge is 2.12. The van der Waals surface area contributed by atoms with Crippen molar-refractivity contribution in [2.45, 2.75) is 18.8 Å². The monoisotopic (exact) mass is 186 g/mol. The SMILES string of the molecule is CCC(=O)OC(S)c1ccco1. The normalized spacial score (nSPS) is 12.5. The minimum absolute atomic E-state index is 0.286. The molecule has 0 aliphatic carbocycles. The molecule has 0 aromatic carbocycles. The second kappa shape index (κ2) is 4.21. The Hall–Kier alpha value is -0.900. The zero-order chi connectivity index (χ0) is 8.97. The second-order valence-corrected chi connectivity index (χ2v) is 2.68. The molecule has 0 saturated heterocycles. The number of rotatable bonds is 3. The molecule has 1 aromatic rings. The molecule has 0 amide bonds. The van der Waals surface area contributed by atoms with Gasteiger partial charge in [0, 0.05) is 6.42 Å². The van der Waals surface area contributed by atoms with Gasteiger partial charge in [-0.15, -0.1) is 12.6 Å². The van der Waals surface area contributed by atoms with Gasteiger partial charge in [-0.3, -0.25) is 4.79 Å². The number of ether oxygens (including phenoxy) is 1. The first-order chi connectivity index (χ1) is 5.74. The molecule has 0 bridgehead atoms. The summed E-state index contributed by atoms with van der Waals surface area (Å²) in [6.07, 6.45) is 1.86. The van der Waals surface area contributed by atoms with Gasteiger partial charge in [-0.25, -0.2) is 0 Å². The third-order valence-corrected chi connectivity index (χ3v) is 1.68. The Kier molecular flexibility index (Phi) is 3.22. The first kappa shape index (κ1) is 9.19. The number of carbonyl (C=O) groups is 1. The van der Waals surface area contributed by atoms with Crippen LogP contribution in [0.4, 0.5) is 0 Å². The summed E-state index contributed by atoms with van der Waals surface area (Å²) in [4.78, 5) is 10.8. The lowest BCUT2D eigenvalue weighted by atomic mass is 10.4. The predicted molar refractivity (Wildman–Crippen MR) is 46.8 cm³/mol. The van der Waals surface area contributed by atoms with Crippen molar-refractivity contribution in [3.8, 4) is 0 Å². The Morgan fingerprint density at radius 2 is 2.58 bits per heavy atom. The molecule has 66 valence electrons. The summed E-state index contributed by atoms with van der Waals surface area (Å²) in [7, 11) is 0. The van der Waals surface area contributed by atoms with Crippen molar-refractivity contribution in [1.82, 2.24) is 0 Å². The summed E-state index contributed by atoms with van der Waals surface area (Å²) in [5.41, 5.74) is -0.590. The molecule has 0 aliphatic rings. The molecule has 3 nitrogen and oxygen atoms in total. The van der Waals surface area contributed by atoms with E-state index in [0.717, 1.165) is 0 Å². The van der Waals surface area contributed by atoms with Gasteiger partial charge in [0.05, 0.1) is 6.26 Å². The highest BCUT2D eigenvalue weighted by molar-refractivity contribution is 7.80. The van der Waals surface area contributed by atoms with Crippen molar-refractivity contribution in [2.75, 3.05) is 0 Å². The van der Waals surface area contributed by atoms with Crippen molar-refractivity contribution >= 4 is 18.6 Å². The quantitative estimate of drug-likeness (QED) is 0.446. The van der Waals surface area contributed by atoms with Crippen LogP contribution in [0.15, 0.2) is 22.8 Å². The standard InChI is InChI=1S/C8H10O3S/c1-2-7(9)11-8(12)6-4-3-5-10-6/h3-5,8,12H,2H2,1H3. The van der Waals surface area contributed by atoms with E-state index >= 15 is 0 Å². The molecule has 0 radical (unpaired) electrons. The molecule has 1 heterocycles. The summed E-state index contributed by atoms with van der Waals surface area (Å²) in [5.74, 6) is 0.256. The maximum absolute atomic E-state index is 10.8. The molecule has 12 heavy (non-hydrogen) atoms. The van der Waals surface area contributed by atoms with E-state index in [1.165, 1.54) is 6.26 Å². The van der Waals surface area contributed by atoms with Crippen LogP contribution in [0.5, 0.6) is 0 Å². The maximum Gasteiger partial charge on any atom is 0.307 e. The van der Waals surface area contributed by atoms with E-state index in [4.69, 9.17) is 9.15 Å². The summed E-state index contributed by atoms with van der Waals surface area (Å²) in [6.45, 7) is 1.73. The second-order valence-electron chi connectivity index (χ2n) is 2.21. The van der Waals surface area contributed by atoms with Crippen molar-refractivity contribution in [3.63, 3.8) is 0 Å². The van der Waals surface area contributed by atoms with E-state index in [-0.39, 0.29) is 5.97 Å². The van der Waals surface area contributed by atoms with E-state index in [2.05, 4.69) is 12.6 Å². The molecular formula is C8H10O3S. The fourth-order valence-electron chi connectivity index (χ4n) is 0.698. The molecule has 4 heteroatoms. The topological polar surface area (TPSA) is 39.4 Å². The minimum atomic E-state index is -0.590. The van der Waals surface area contributed by atoms with Crippen molar-refractivity contribution in [2.24, 2.45) is 0 Å². The zero-order valence-corrected chi connectivity index (χ0v) is 7.58. The molecule has 0 N–H and O–H groups in total. The van der Waals surface area contributed by atoms with Gasteiger partial charge in [-0.05, 0) is 12.1 Å². The van der Waals surface area contributed by atoms with Crippen LogP contribution in [0.2, 0.25) is 0 Å². The van der Waals surface area contributed by atoms with Gasteiger partial charge in [0.1, 0.15) is 0 Å². The van der Waals surface area contributed by atoms with Crippen LogP contribution in [0.25, 0.3) is 0 Å². The first-order valence-electron chi connectivity index (χ1n) is 3.65. The molecule has 1 aromatic heterocycles. The highest BCUT2D eigenvalue weighted by atomic mass is 32.1. The number of hydrogen-bond acceptors (Lipinski definition) is 4. The Morgan fingerprint density at radius 1 is 1.83 bits per heavy atom. The average Bonchev–Trinajstić information content (AvgIpc) is 2.56. The number of esters is 1. The summed E-state index contributed by atoms with van der Waals surface area (Å²) in [5, 5.41) is 0. The van der Waals surface area contributed by atoms with Crippen molar-refractivity contribution in [1.29, 1.82) is 0 Å². The molecule has 0 saturated carbocycles.